The number of unbranched alkanes of at least 4 members (excludes halogenated alkanes) is 1. The standard InChI is InChI=1S/C12H23NO2/c1-10(12(2)7-8-12)13(3)9-5-4-6-11(14)15/h10H,4-9H2,1-3H3,(H,14,15). The van der Waals surface area contributed by atoms with Crippen molar-refractivity contribution in [2.24, 2.45) is 5.41 Å². The van der Waals surface area contributed by atoms with Crippen LogP contribution in [0.15, 0.2) is 0 Å². The van der Waals surface area contributed by atoms with Gasteiger partial charge in [0.25, 0.3) is 0 Å². The lowest BCUT2D eigenvalue weighted by Crippen LogP contribution is -2.36. The Morgan fingerprint density at radius 2 is 2.07 bits per heavy atom. The molecule has 0 spiro atoms. The van der Waals surface area contributed by atoms with Crippen LogP contribution in [0.25, 0.3) is 0 Å². The van der Waals surface area contributed by atoms with Gasteiger partial charge >= 0.3 is 5.97 Å². The predicted octanol–water partition coefficient (Wildman–Crippen LogP) is 2.36. The van der Waals surface area contributed by atoms with Crippen LogP contribution in [0.5, 0.6) is 0 Å². The third-order valence-electron chi connectivity index (χ3n) is 3.86. The molecule has 0 aliphatic heterocycles. The second-order valence-corrected chi connectivity index (χ2v) is 5.16. The highest BCUT2D eigenvalue weighted by molar-refractivity contribution is 5.66. The van der Waals surface area contributed by atoms with E-state index in [1.54, 1.807) is 0 Å². The van der Waals surface area contributed by atoms with Crippen molar-refractivity contribution in [3.05, 3.63) is 0 Å². The van der Waals surface area contributed by atoms with Gasteiger partial charge < -0.3 is 10.0 Å². The van der Waals surface area contributed by atoms with Gasteiger partial charge in [0.15, 0.2) is 0 Å². The Morgan fingerprint density at radius 3 is 2.53 bits per heavy atom. The van der Waals surface area contributed by atoms with E-state index in [0.717, 1.165) is 19.4 Å². The molecule has 88 valence electrons. The molecule has 0 radical (unpaired) electrons. The first-order chi connectivity index (χ1) is 6.96. The molecule has 1 aliphatic rings. The Labute approximate surface area is 92.5 Å². The van der Waals surface area contributed by atoms with E-state index in [1.165, 1.54) is 12.8 Å². The Kier molecular flexibility index (Phi) is 4.14. The number of rotatable bonds is 7. The van der Waals surface area contributed by atoms with Crippen LogP contribution in [0.3, 0.4) is 0 Å². The number of aliphatic carboxylic acids is 1. The Morgan fingerprint density at radius 1 is 1.47 bits per heavy atom. The van der Waals surface area contributed by atoms with Gasteiger partial charge in [0.2, 0.25) is 0 Å². The molecule has 1 N–H and O–H groups in total. The summed E-state index contributed by atoms with van der Waals surface area (Å²) in [6.07, 6.45) is 4.77. The highest BCUT2D eigenvalue weighted by atomic mass is 16.4. The van der Waals surface area contributed by atoms with E-state index < -0.39 is 5.97 Å². The van der Waals surface area contributed by atoms with Gasteiger partial charge in [-0.3, -0.25) is 4.79 Å². The second kappa shape index (κ2) is 4.97. The van der Waals surface area contributed by atoms with Crippen molar-refractivity contribution in [1.82, 2.24) is 4.90 Å². The molecule has 1 aliphatic carbocycles. The maximum atomic E-state index is 10.3. The molecule has 0 saturated heterocycles. The van der Waals surface area contributed by atoms with Gasteiger partial charge in [-0.05, 0) is 51.6 Å². The largest absolute Gasteiger partial charge is 0.481 e. The second-order valence-electron chi connectivity index (χ2n) is 5.16. The van der Waals surface area contributed by atoms with Crippen molar-refractivity contribution in [3.63, 3.8) is 0 Å². The number of nitrogens with zero attached hydrogens (tertiary/aromatic N) is 1. The summed E-state index contributed by atoms with van der Waals surface area (Å²) in [4.78, 5) is 12.7. The molecule has 15 heavy (non-hydrogen) atoms. The van der Waals surface area contributed by atoms with Crippen LogP contribution in [-0.2, 0) is 4.79 Å². The molecule has 0 bridgehead atoms. The van der Waals surface area contributed by atoms with Gasteiger partial charge in [0.05, 0.1) is 0 Å². The molecule has 1 fully saturated rings. The highest BCUT2D eigenvalue weighted by Gasteiger charge is 2.43. The van der Waals surface area contributed by atoms with E-state index in [2.05, 4.69) is 25.8 Å². The predicted molar refractivity (Wildman–Crippen MR) is 60.9 cm³/mol. The topological polar surface area (TPSA) is 40.5 Å². The van der Waals surface area contributed by atoms with Gasteiger partial charge in [-0.15, -0.1) is 0 Å². The molecule has 1 atom stereocenters. The molecule has 0 aromatic carbocycles. The lowest BCUT2D eigenvalue weighted by Gasteiger charge is -2.29. The van der Waals surface area contributed by atoms with Crippen LogP contribution in [0.2, 0.25) is 0 Å². The summed E-state index contributed by atoms with van der Waals surface area (Å²) < 4.78 is 0. The third kappa shape index (κ3) is 3.82. The number of hydrogen-bond acceptors (Lipinski definition) is 2. The van der Waals surface area contributed by atoms with Crippen LogP contribution >= 0.6 is 0 Å². The minimum Gasteiger partial charge on any atom is -0.481 e. The smallest absolute Gasteiger partial charge is 0.303 e. The van der Waals surface area contributed by atoms with Crippen LogP contribution in [0.1, 0.15) is 46.0 Å². The zero-order valence-corrected chi connectivity index (χ0v) is 10.1. The van der Waals surface area contributed by atoms with E-state index in [4.69, 9.17) is 5.11 Å². The molecular formula is C12H23NO2. The molecule has 0 heterocycles. The average Bonchev–Trinajstić information content (AvgIpc) is 2.90. The number of carboxylic acids is 1. The van der Waals surface area contributed by atoms with E-state index in [9.17, 15) is 4.79 Å². The molecule has 1 rings (SSSR count). The van der Waals surface area contributed by atoms with Crippen molar-refractivity contribution in [1.29, 1.82) is 0 Å². The summed E-state index contributed by atoms with van der Waals surface area (Å²) in [5.41, 5.74) is 0.529. The van der Waals surface area contributed by atoms with E-state index >= 15 is 0 Å². The summed E-state index contributed by atoms with van der Waals surface area (Å²) in [5.74, 6) is -0.681. The fourth-order valence-electron chi connectivity index (χ4n) is 1.98. The highest BCUT2D eigenvalue weighted by Crippen LogP contribution is 2.49. The van der Waals surface area contributed by atoms with Gasteiger partial charge in [-0.25, -0.2) is 0 Å². The average molecular weight is 213 g/mol. The van der Waals surface area contributed by atoms with Crippen molar-refractivity contribution < 1.29 is 9.90 Å². The molecule has 1 saturated carbocycles. The van der Waals surface area contributed by atoms with E-state index in [0.29, 0.717) is 17.9 Å². The summed E-state index contributed by atoms with van der Waals surface area (Å²) in [7, 11) is 2.15. The first kappa shape index (κ1) is 12.5. The first-order valence-electron chi connectivity index (χ1n) is 5.88. The fraction of sp³-hybridized carbons (Fsp3) is 0.917. The first-order valence-corrected chi connectivity index (χ1v) is 5.88. The van der Waals surface area contributed by atoms with Crippen LogP contribution in [-0.4, -0.2) is 35.6 Å². The Balaban J connectivity index is 2.12. The van der Waals surface area contributed by atoms with Crippen molar-refractivity contribution in [2.75, 3.05) is 13.6 Å². The molecule has 3 heteroatoms. The van der Waals surface area contributed by atoms with Crippen molar-refractivity contribution in [3.8, 4) is 0 Å². The Hall–Kier alpha value is -0.570. The fourth-order valence-corrected chi connectivity index (χ4v) is 1.98. The number of hydrogen-bond donors (Lipinski definition) is 1. The minimum absolute atomic E-state index is 0.305. The van der Waals surface area contributed by atoms with Crippen molar-refractivity contribution >= 4 is 5.97 Å². The van der Waals surface area contributed by atoms with Crippen LogP contribution in [0, 0.1) is 5.41 Å². The van der Waals surface area contributed by atoms with E-state index in [-0.39, 0.29) is 0 Å². The summed E-state index contributed by atoms with van der Waals surface area (Å²) in [6.45, 7) is 5.64. The minimum atomic E-state index is -0.681. The SMILES string of the molecule is CC(N(C)CCCCC(=O)O)C1(C)CC1. The normalized spacial score (nSPS) is 20.3. The monoisotopic (exact) mass is 213 g/mol. The van der Waals surface area contributed by atoms with Crippen molar-refractivity contribution in [2.45, 2.75) is 52.0 Å². The van der Waals surface area contributed by atoms with Gasteiger partial charge in [0, 0.05) is 12.5 Å². The van der Waals surface area contributed by atoms with Gasteiger partial charge in [-0.1, -0.05) is 6.92 Å². The third-order valence-corrected chi connectivity index (χ3v) is 3.86. The quantitative estimate of drug-likeness (QED) is 0.660. The molecule has 0 aromatic rings. The van der Waals surface area contributed by atoms with Gasteiger partial charge in [0.1, 0.15) is 0 Å². The van der Waals surface area contributed by atoms with E-state index in [1.807, 2.05) is 0 Å². The molecule has 0 amide bonds. The maximum absolute atomic E-state index is 10.3. The Bertz CT molecular complexity index is 224. The molecular weight excluding hydrogens is 190 g/mol. The number of carbonyl (C=O) groups is 1. The summed E-state index contributed by atoms with van der Waals surface area (Å²) in [5, 5.41) is 8.51. The lowest BCUT2D eigenvalue weighted by molar-refractivity contribution is -0.137. The van der Waals surface area contributed by atoms with Crippen LogP contribution in [0.4, 0.5) is 0 Å². The molecule has 0 aromatic heterocycles. The lowest BCUT2D eigenvalue weighted by atomic mass is 9.99. The van der Waals surface area contributed by atoms with Gasteiger partial charge in [-0.2, -0.15) is 0 Å². The zero-order valence-electron chi connectivity index (χ0n) is 10.1. The summed E-state index contributed by atoms with van der Waals surface area (Å²) >= 11 is 0. The van der Waals surface area contributed by atoms with Crippen LogP contribution < -0.4 is 0 Å². The zero-order chi connectivity index (χ0) is 11.5. The molecule has 1 unspecified atom stereocenters. The number of carboxylic acid groups (broad SMARTS) is 1. The maximum Gasteiger partial charge on any atom is 0.303 e. The molecule has 3 nitrogen and oxygen atoms in total. The summed E-state index contributed by atoms with van der Waals surface area (Å²) in [6, 6.07) is 0.627.